The van der Waals surface area contributed by atoms with Crippen LogP contribution in [0.1, 0.15) is 61.7 Å². The minimum atomic E-state index is 0.481. The van der Waals surface area contributed by atoms with E-state index in [1.165, 1.54) is 37.7 Å². The van der Waals surface area contributed by atoms with Crippen molar-refractivity contribution in [3.63, 3.8) is 0 Å². The molecule has 0 aliphatic heterocycles. The van der Waals surface area contributed by atoms with Crippen molar-refractivity contribution in [3.8, 4) is 34.9 Å². The maximum absolute atomic E-state index is 5.53. The topological polar surface area (TPSA) is 85.2 Å². The molecule has 1 saturated carbocycles. The summed E-state index contributed by atoms with van der Waals surface area (Å²) in [6.45, 7) is 0.688. The molecular formula is C26H27N7. The van der Waals surface area contributed by atoms with Crippen molar-refractivity contribution in [1.82, 2.24) is 35.4 Å². The fraction of sp³-hybridized carbons (Fsp3) is 0.346. The normalized spacial score (nSPS) is 14.3. The third kappa shape index (κ3) is 4.70. The number of nitrogens with zero attached hydrogens (tertiary/aromatic N) is 6. The Morgan fingerprint density at radius 1 is 1.00 bits per heavy atom. The zero-order chi connectivity index (χ0) is 22.5. The van der Waals surface area contributed by atoms with Crippen LogP contribution in [-0.2, 0) is 13.0 Å². The molecule has 2 aromatic heterocycles. The number of H-pyrrole nitrogens is 1. The van der Waals surface area contributed by atoms with Crippen LogP contribution in [0.5, 0.6) is 0 Å². The van der Waals surface area contributed by atoms with E-state index in [0.29, 0.717) is 24.7 Å². The van der Waals surface area contributed by atoms with Crippen LogP contribution >= 0.6 is 0 Å². The standard InChI is InChI=1S/C26H27N7/c1-2-3-13-24-27-25(21-9-5-4-6-10-21)30-33(24)18-19-14-16-20(17-15-19)22-11-7-8-12-23(22)26-28-31-32-29-26/h1,7-8,11-12,14-17,21H,3-6,9-10,13,18H2,(H,28,29,31,32). The Morgan fingerprint density at radius 3 is 2.52 bits per heavy atom. The summed E-state index contributed by atoms with van der Waals surface area (Å²) >= 11 is 0. The van der Waals surface area contributed by atoms with E-state index < -0.39 is 0 Å². The lowest BCUT2D eigenvalue weighted by Crippen LogP contribution is -2.09. The highest BCUT2D eigenvalue weighted by atomic mass is 15.5. The molecule has 0 spiro atoms. The summed E-state index contributed by atoms with van der Waals surface area (Å²) in [7, 11) is 0. The summed E-state index contributed by atoms with van der Waals surface area (Å²) in [6, 6.07) is 16.7. The average molecular weight is 438 g/mol. The number of aryl methyl sites for hydroxylation is 1. The zero-order valence-electron chi connectivity index (χ0n) is 18.6. The predicted octanol–water partition coefficient (Wildman–Crippen LogP) is 4.79. The highest BCUT2D eigenvalue weighted by Gasteiger charge is 2.21. The van der Waals surface area contributed by atoms with Crippen LogP contribution in [-0.4, -0.2) is 35.4 Å². The van der Waals surface area contributed by atoms with E-state index in [1.54, 1.807) is 0 Å². The van der Waals surface area contributed by atoms with Gasteiger partial charge in [0.05, 0.1) is 6.54 Å². The van der Waals surface area contributed by atoms with E-state index in [4.69, 9.17) is 16.5 Å². The summed E-state index contributed by atoms with van der Waals surface area (Å²) in [5, 5.41) is 19.3. The molecule has 1 aliphatic rings. The highest BCUT2D eigenvalue weighted by Crippen LogP contribution is 2.32. The van der Waals surface area contributed by atoms with E-state index in [0.717, 1.165) is 34.8 Å². The van der Waals surface area contributed by atoms with Gasteiger partial charge in [-0.3, -0.25) is 0 Å². The number of benzene rings is 2. The third-order valence-electron chi connectivity index (χ3n) is 6.35. The fourth-order valence-corrected chi connectivity index (χ4v) is 4.60. The van der Waals surface area contributed by atoms with Gasteiger partial charge in [-0.05, 0) is 40.0 Å². The van der Waals surface area contributed by atoms with Crippen molar-refractivity contribution in [2.24, 2.45) is 0 Å². The Hall–Kier alpha value is -3.79. The second-order valence-corrected chi connectivity index (χ2v) is 8.58. The van der Waals surface area contributed by atoms with Crippen LogP contribution in [0.15, 0.2) is 48.5 Å². The van der Waals surface area contributed by atoms with Gasteiger partial charge in [-0.2, -0.15) is 5.10 Å². The van der Waals surface area contributed by atoms with E-state index >= 15 is 0 Å². The van der Waals surface area contributed by atoms with Crippen LogP contribution in [0.3, 0.4) is 0 Å². The molecule has 7 nitrogen and oxygen atoms in total. The molecule has 1 aliphatic carbocycles. The van der Waals surface area contributed by atoms with Gasteiger partial charge < -0.3 is 0 Å². The van der Waals surface area contributed by atoms with Gasteiger partial charge in [-0.15, -0.1) is 17.4 Å². The molecule has 0 atom stereocenters. The summed E-state index contributed by atoms with van der Waals surface area (Å²) in [5.74, 6) is 5.86. The number of terminal acetylenes is 1. The first-order valence-corrected chi connectivity index (χ1v) is 11.6. The molecule has 33 heavy (non-hydrogen) atoms. The van der Waals surface area contributed by atoms with E-state index in [-0.39, 0.29) is 0 Å². The first-order valence-electron chi connectivity index (χ1n) is 11.6. The number of hydrogen-bond donors (Lipinski definition) is 1. The molecule has 0 saturated heterocycles. The maximum Gasteiger partial charge on any atom is 0.180 e. The Labute approximate surface area is 193 Å². The lowest BCUT2D eigenvalue weighted by Gasteiger charge is -2.18. The molecule has 166 valence electrons. The Balaban J connectivity index is 1.39. The van der Waals surface area contributed by atoms with Crippen molar-refractivity contribution in [3.05, 3.63) is 65.7 Å². The lowest BCUT2D eigenvalue weighted by molar-refractivity contribution is 0.426. The summed E-state index contributed by atoms with van der Waals surface area (Å²) in [6.07, 6.45) is 13.2. The lowest BCUT2D eigenvalue weighted by atomic mass is 9.89. The smallest absolute Gasteiger partial charge is 0.180 e. The zero-order valence-corrected chi connectivity index (χ0v) is 18.6. The van der Waals surface area contributed by atoms with Gasteiger partial charge in [0.25, 0.3) is 0 Å². The van der Waals surface area contributed by atoms with Crippen LogP contribution < -0.4 is 0 Å². The van der Waals surface area contributed by atoms with Crippen molar-refractivity contribution in [2.75, 3.05) is 0 Å². The largest absolute Gasteiger partial charge is 0.245 e. The van der Waals surface area contributed by atoms with Gasteiger partial charge in [-0.25, -0.2) is 14.8 Å². The second-order valence-electron chi connectivity index (χ2n) is 8.58. The highest BCUT2D eigenvalue weighted by molar-refractivity contribution is 5.80. The molecule has 2 heterocycles. The first kappa shape index (κ1) is 21.1. The summed E-state index contributed by atoms with van der Waals surface area (Å²) in [5.41, 5.74) is 4.34. The molecule has 1 fully saturated rings. The minimum Gasteiger partial charge on any atom is -0.245 e. The molecule has 0 amide bonds. The second kappa shape index (κ2) is 9.78. The van der Waals surface area contributed by atoms with Crippen LogP contribution in [0.4, 0.5) is 0 Å². The van der Waals surface area contributed by atoms with Gasteiger partial charge in [0.1, 0.15) is 5.82 Å². The Bertz CT molecular complexity index is 1230. The summed E-state index contributed by atoms with van der Waals surface area (Å²) in [4.78, 5) is 4.91. The van der Waals surface area contributed by atoms with Crippen molar-refractivity contribution in [2.45, 2.75) is 57.4 Å². The van der Waals surface area contributed by atoms with Gasteiger partial charge >= 0.3 is 0 Å². The quantitative estimate of drug-likeness (QED) is 0.420. The first-order chi connectivity index (χ1) is 16.3. The number of aromatic nitrogens is 7. The molecule has 7 heteroatoms. The number of rotatable bonds is 7. The molecular weight excluding hydrogens is 410 g/mol. The van der Waals surface area contributed by atoms with Crippen LogP contribution in [0.2, 0.25) is 0 Å². The average Bonchev–Trinajstić information content (AvgIpc) is 3.54. The molecule has 0 bridgehead atoms. The van der Waals surface area contributed by atoms with E-state index in [2.05, 4.69) is 56.9 Å². The van der Waals surface area contributed by atoms with Gasteiger partial charge in [0, 0.05) is 24.3 Å². The molecule has 4 aromatic rings. The molecule has 5 rings (SSSR count). The minimum absolute atomic E-state index is 0.481. The maximum atomic E-state index is 5.53. The number of hydrogen-bond acceptors (Lipinski definition) is 5. The number of aromatic amines is 1. The Morgan fingerprint density at radius 2 is 1.79 bits per heavy atom. The summed E-state index contributed by atoms with van der Waals surface area (Å²) < 4.78 is 2.05. The van der Waals surface area contributed by atoms with E-state index in [9.17, 15) is 0 Å². The monoisotopic (exact) mass is 437 g/mol. The number of nitrogens with one attached hydrogen (secondary N) is 1. The molecule has 0 radical (unpaired) electrons. The van der Waals surface area contributed by atoms with Crippen LogP contribution in [0.25, 0.3) is 22.5 Å². The molecule has 0 unspecified atom stereocenters. The van der Waals surface area contributed by atoms with Crippen LogP contribution in [0, 0.1) is 12.3 Å². The molecule has 1 N–H and O–H groups in total. The Kier molecular flexibility index (Phi) is 6.25. The van der Waals surface area contributed by atoms with Gasteiger partial charge in [0.15, 0.2) is 11.6 Å². The number of tetrazole rings is 1. The van der Waals surface area contributed by atoms with Crippen molar-refractivity contribution in [1.29, 1.82) is 0 Å². The molecule has 2 aromatic carbocycles. The SMILES string of the molecule is C#CCCc1nc(C2CCCCC2)nn1Cc1ccc(-c2ccccc2-c2nnn[nH]2)cc1. The van der Waals surface area contributed by atoms with Gasteiger partial charge in [0.2, 0.25) is 0 Å². The van der Waals surface area contributed by atoms with Gasteiger partial charge in [-0.1, -0.05) is 67.8 Å². The van der Waals surface area contributed by atoms with Crippen molar-refractivity contribution < 1.29 is 0 Å². The predicted molar refractivity (Wildman–Crippen MR) is 127 cm³/mol. The van der Waals surface area contributed by atoms with E-state index in [1.807, 2.05) is 22.9 Å². The van der Waals surface area contributed by atoms with Crippen molar-refractivity contribution >= 4 is 0 Å². The fourth-order valence-electron chi connectivity index (χ4n) is 4.60. The third-order valence-corrected chi connectivity index (χ3v) is 6.35.